The maximum absolute atomic E-state index is 11.7. The zero-order chi connectivity index (χ0) is 18.2. The lowest BCUT2D eigenvalue weighted by Crippen LogP contribution is -2.24. The largest absolute Gasteiger partial charge is 0.502 e. The summed E-state index contributed by atoms with van der Waals surface area (Å²) in [5.74, 6) is -0.330. The van der Waals surface area contributed by atoms with Crippen molar-refractivity contribution in [3.05, 3.63) is 63.7 Å². The summed E-state index contributed by atoms with van der Waals surface area (Å²) in [7, 11) is 0. The monoisotopic (exact) mass is 343 g/mol. The van der Waals surface area contributed by atoms with Gasteiger partial charge in [-0.3, -0.25) is 14.9 Å². The number of phenols is 1. The van der Waals surface area contributed by atoms with Gasteiger partial charge in [0.05, 0.1) is 11.1 Å². The van der Waals surface area contributed by atoms with Gasteiger partial charge in [0, 0.05) is 11.6 Å². The zero-order valence-electron chi connectivity index (χ0n) is 13.5. The standard InChI is InChI=1S/C17H17N3O5/c1-2-12-3-6-14(7-4-12)25-11-17(22)19-18-10-13-5-8-16(21)15(9-13)20(23)24/h3-10,21H,2,11H2,1H3,(H,19,22)/b18-10-. The number of hydrazone groups is 1. The van der Waals surface area contributed by atoms with Gasteiger partial charge in [-0.15, -0.1) is 0 Å². The minimum Gasteiger partial charge on any atom is -0.502 e. The molecule has 0 atom stereocenters. The number of phenolic OH excluding ortho intramolecular Hbond substituents is 1. The van der Waals surface area contributed by atoms with E-state index in [2.05, 4.69) is 10.5 Å². The molecule has 0 saturated heterocycles. The lowest BCUT2D eigenvalue weighted by Gasteiger charge is -2.05. The quantitative estimate of drug-likeness (QED) is 0.455. The molecule has 8 heteroatoms. The Bertz CT molecular complexity index is 787. The molecule has 0 aliphatic rings. The Labute approximate surface area is 143 Å². The molecule has 2 rings (SSSR count). The molecule has 0 aromatic heterocycles. The number of rotatable bonds is 7. The minimum atomic E-state index is -0.705. The van der Waals surface area contributed by atoms with E-state index in [0.29, 0.717) is 11.3 Å². The first kappa shape index (κ1) is 17.9. The first-order valence-corrected chi connectivity index (χ1v) is 7.50. The average Bonchev–Trinajstić information content (AvgIpc) is 2.61. The Morgan fingerprint density at radius 1 is 1.32 bits per heavy atom. The summed E-state index contributed by atoms with van der Waals surface area (Å²) < 4.78 is 5.33. The number of nitro benzene ring substituents is 1. The highest BCUT2D eigenvalue weighted by Gasteiger charge is 2.12. The van der Waals surface area contributed by atoms with E-state index in [4.69, 9.17) is 4.74 Å². The van der Waals surface area contributed by atoms with Crippen LogP contribution in [0.5, 0.6) is 11.5 Å². The maximum atomic E-state index is 11.7. The number of aromatic hydroxyl groups is 1. The van der Waals surface area contributed by atoms with E-state index in [1.54, 1.807) is 12.1 Å². The van der Waals surface area contributed by atoms with Crippen molar-refractivity contribution in [3.8, 4) is 11.5 Å². The Morgan fingerprint density at radius 3 is 2.68 bits per heavy atom. The molecule has 0 aliphatic heterocycles. The summed E-state index contributed by atoms with van der Waals surface area (Å²) in [5.41, 5.74) is 3.36. The second kappa shape index (κ2) is 8.44. The SMILES string of the molecule is CCc1ccc(OCC(=O)N/N=C\c2ccc(O)c([N+](=O)[O-])c2)cc1. The third kappa shape index (κ3) is 5.31. The van der Waals surface area contributed by atoms with Gasteiger partial charge >= 0.3 is 5.69 Å². The van der Waals surface area contributed by atoms with Crippen LogP contribution in [-0.4, -0.2) is 28.8 Å². The minimum absolute atomic E-state index is 0.210. The van der Waals surface area contributed by atoms with E-state index in [0.717, 1.165) is 12.5 Å². The summed E-state index contributed by atoms with van der Waals surface area (Å²) in [4.78, 5) is 21.7. The molecular formula is C17H17N3O5. The molecule has 0 unspecified atom stereocenters. The molecule has 2 aromatic rings. The molecule has 0 saturated carbocycles. The molecular weight excluding hydrogens is 326 g/mol. The van der Waals surface area contributed by atoms with Crippen molar-refractivity contribution in [3.63, 3.8) is 0 Å². The van der Waals surface area contributed by atoms with Crippen LogP contribution in [0.4, 0.5) is 5.69 Å². The molecule has 130 valence electrons. The van der Waals surface area contributed by atoms with Gasteiger partial charge in [0.15, 0.2) is 12.4 Å². The Hall–Kier alpha value is -3.42. The van der Waals surface area contributed by atoms with Gasteiger partial charge in [0.1, 0.15) is 5.75 Å². The predicted molar refractivity (Wildman–Crippen MR) is 91.8 cm³/mol. The van der Waals surface area contributed by atoms with Crippen molar-refractivity contribution in [2.75, 3.05) is 6.61 Å². The number of benzene rings is 2. The van der Waals surface area contributed by atoms with Gasteiger partial charge in [-0.05, 0) is 36.2 Å². The van der Waals surface area contributed by atoms with Crippen molar-refractivity contribution < 1.29 is 19.6 Å². The molecule has 0 aliphatic carbocycles. The number of nitrogens with zero attached hydrogens (tertiary/aromatic N) is 2. The molecule has 2 N–H and O–H groups in total. The van der Waals surface area contributed by atoms with Crippen LogP contribution in [0.15, 0.2) is 47.6 Å². The van der Waals surface area contributed by atoms with Gasteiger partial charge in [0.25, 0.3) is 5.91 Å². The van der Waals surface area contributed by atoms with Gasteiger partial charge < -0.3 is 9.84 Å². The van der Waals surface area contributed by atoms with Crippen LogP contribution in [-0.2, 0) is 11.2 Å². The highest BCUT2D eigenvalue weighted by Crippen LogP contribution is 2.25. The van der Waals surface area contributed by atoms with Crippen molar-refractivity contribution in [1.82, 2.24) is 5.43 Å². The van der Waals surface area contributed by atoms with Gasteiger partial charge in [-0.25, -0.2) is 5.43 Å². The predicted octanol–water partition coefficient (Wildman–Crippen LogP) is 2.39. The topological polar surface area (TPSA) is 114 Å². The van der Waals surface area contributed by atoms with E-state index in [1.807, 2.05) is 19.1 Å². The molecule has 1 amide bonds. The fraction of sp³-hybridized carbons (Fsp3) is 0.176. The van der Waals surface area contributed by atoms with Gasteiger partial charge in [0.2, 0.25) is 0 Å². The number of aryl methyl sites for hydroxylation is 1. The normalized spacial score (nSPS) is 10.6. The van der Waals surface area contributed by atoms with E-state index < -0.39 is 22.3 Å². The highest BCUT2D eigenvalue weighted by atomic mass is 16.6. The lowest BCUT2D eigenvalue weighted by atomic mass is 10.2. The van der Waals surface area contributed by atoms with Crippen LogP contribution in [0.25, 0.3) is 0 Å². The van der Waals surface area contributed by atoms with Crippen LogP contribution in [0.2, 0.25) is 0 Å². The van der Waals surface area contributed by atoms with Crippen LogP contribution >= 0.6 is 0 Å². The van der Waals surface area contributed by atoms with Crippen molar-refractivity contribution in [1.29, 1.82) is 0 Å². The molecule has 0 heterocycles. The zero-order valence-corrected chi connectivity index (χ0v) is 13.5. The van der Waals surface area contributed by atoms with Crippen LogP contribution in [0.1, 0.15) is 18.1 Å². The molecule has 0 bridgehead atoms. The number of nitro groups is 1. The Balaban J connectivity index is 1.85. The number of amides is 1. The molecule has 0 fully saturated rings. The molecule has 0 radical (unpaired) electrons. The number of ether oxygens (including phenoxy) is 1. The van der Waals surface area contributed by atoms with E-state index in [1.165, 1.54) is 23.9 Å². The summed E-state index contributed by atoms with van der Waals surface area (Å²) >= 11 is 0. The van der Waals surface area contributed by atoms with E-state index in [9.17, 15) is 20.0 Å². The summed E-state index contributed by atoms with van der Waals surface area (Å²) in [6, 6.07) is 11.2. The highest BCUT2D eigenvalue weighted by molar-refractivity contribution is 5.84. The van der Waals surface area contributed by atoms with Crippen LogP contribution in [0.3, 0.4) is 0 Å². The molecule has 2 aromatic carbocycles. The number of hydrogen-bond acceptors (Lipinski definition) is 6. The Morgan fingerprint density at radius 2 is 2.04 bits per heavy atom. The van der Waals surface area contributed by atoms with E-state index >= 15 is 0 Å². The van der Waals surface area contributed by atoms with Crippen molar-refractivity contribution in [2.45, 2.75) is 13.3 Å². The van der Waals surface area contributed by atoms with Crippen LogP contribution in [0, 0.1) is 10.1 Å². The third-order valence-electron chi connectivity index (χ3n) is 3.30. The smallest absolute Gasteiger partial charge is 0.311 e. The third-order valence-corrected chi connectivity index (χ3v) is 3.30. The number of carbonyl (C=O) groups excluding carboxylic acids is 1. The molecule has 25 heavy (non-hydrogen) atoms. The Kier molecular flexibility index (Phi) is 6.05. The van der Waals surface area contributed by atoms with E-state index in [-0.39, 0.29) is 6.61 Å². The van der Waals surface area contributed by atoms with Gasteiger partial charge in [-0.2, -0.15) is 5.10 Å². The summed E-state index contributed by atoms with van der Waals surface area (Å²) in [5, 5.41) is 23.8. The van der Waals surface area contributed by atoms with Crippen LogP contribution < -0.4 is 10.2 Å². The average molecular weight is 343 g/mol. The second-order valence-electron chi connectivity index (χ2n) is 5.08. The summed E-state index contributed by atoms with van der Waals surface area (Å²) in [6.45, 7) is 1.84. The van der Waals surface area contributed by atoms with Crippen molar-refractivity contribution >= 4 is 17.8 Å². The van der Waals surface area contributed by atoms with Crippen molar-refractivity contribution in [2.24, 2.45) is 5.10 Å². The first-order chi connectivity index (χ1) is 12.0. The fourth-order valence-corrected chi connectivity index (χ4v) is 1.95. The first-order valence-electron chi connectivity index (χ1n) is 7.50. The summed E-state index contributed by atoms with van der Waals surface area (Å²) in [6.07, 6.45) is 2.16. The second-order valence-corrected chi connectivity index (χ2v) is 5.08. The maximum Gasteiger partial charge on any atom is 0.311 e. The lowest BCUT2D eigenvalue weighted by molar-refractivity contribution is -0.385. The molecule has 8 nitrogen and oxygen atoms in total. The van der Waals surface area contributed by atoms with Gasteiger partial charge in [-0.1, -0.05) is 19.1 Å². The molecule has 0 spiro atoms. The number of nitrogens with one attached hydrogen (secondary N) is 1. The number of carbonyl (C=O) groups is 1. The number of hydrogen-bond donors (Lipinski definition) is 2. The fourth-order valence-electron chi connectivity index (χ4n) is 1.95.